The molecule has 4 rings (SSSR count). The first kappa shape index (κ1) is 14.0. The maximum Gasteiger partial charge on any atom is 0.344 e. The number of hydrogen-bond acceptors (Lipinski definition) is 6. The highest BCUT2D eigenvalue weighted by Gasteiger charge is 2.35. The van der Waals surface area contributed by atoms with Gasteiger partial charge in [-0.05, 0) is 17.7 Å². The molecule has 2 aromatic heterocycles. The van der Waals surface area contributed by atoms with Crippen molar-refractivity contribution in [1.29, 1.82) is 5.26 Å². The summed E-state index contributed by atoms with van der Waals surface area (Å²) >= 11 is 0. The van der Waals surface area contributed by atoms with E-state index in [-0.39, 0.29) is 17.2 Å². The fourth-order valence-electron chi connectivity index (χ4n) is 2.91. The number of aromatic nitrogens is 1. The Morgan fingerprint density at radius 1 is 1.17 bits per heavy atom. The number of nitriles is 1. The molecule has 1 atom stereocenters. The third-order valence-electron chi connectivity index (χ3n) is 3.98. The topological polar surface area (TPSA) is 102 Å². The second kappa shape index (κ2) is 5.25. The molecule has 0 saturated carbocycles. The van der Waals surface area contributed by atoms with Gasteiger partial charge in [0.15, 0.2) is 11.5 Å². The summed E-state index contributed by atoms with van der Waals surface area (Å²) in [5.74, 6) is -0.0179. The smallest absolute Gasteiger partial charge is 0.344 e. The molecule has 1 aliphatic heterocycles. The molecule has 0 amide bonds. The van der Waals surface area contributed by atoms with Crippen molar-refractivity contribution in [2.24, 2.45) is 5.73 Å². The Kier molecular flexibility index (Phi) is 3.07. The summed E-state index contributed by atoms with van der Waals surface area (Å²) in [6, 6.07) is 12.5. The highest BCUT2D eigenvalue weighted by molar-refractivity contribution is 5.88. The molecule has 1 unspecified atom stereocenters. The first-order valence-corrected chi connectivity index (χ1v) is 7.24. The van der Waals surface area contributed by atoms with E-state index >= 15 is 0 Å². The molecule has 3 aromatic rings. The lowest BCUT2D eigenvalue weighted by atomic mass is 9.88. The second-order valence-electron chi connectivity index (χ2n) is 5.34. The van der Waals surface area contributed by atoms with Crippen molar-refractivity contribution >= 4 is 10.8 Å². The van der Waals surface area contributed by atoms with Gasteiger partial charge in [-0.1, -0.05) is 24.3 Å². The summed E-state index contributed by atoms with van der Waals surface area (Å²) in [5.41, 5.74) is 6.35. The molecule has 3 heterocycles. The van der Waals surface area contributed by atoms with Crippen molar-refractivity contribution in [1.82, 2.24) is 4.98 Å². The minimum Gasteiger partial charge on any atom is -0.436 e. The summed E-state index contributed by atoms with van der Waals surface area (Å²) in [4.78, 5) is 16.4. The zero-order chi connectivity index (χ0) is 16.7. The summed E-state index contributed by atoms with van der Waals surface area (Å²) < 4.78 is 11.1. The number of benzene rings is 1. The number of ether oxygens (including phenoxy) is 1. The van der Waals surface area contributed by atoms with Gasteiger partial charge in [-0.15, -0.1) is 0 Å². The lowest BCUT2D eigenvalue weighted by Gasteiger charge is -2.25. The van der Waals surface area contributed by atoms with Gasteiger partial charge in [-0.3, -0.25) is 4.98 Å². The molecule has 0 radical (unpaired) electrons. The Balaban J connectivity index is 2.09. The number of nitrogens with two attached hydrogens (primary N) is 1. The van der Waals surface area contributed by atoms with Gasteiger partial charge in [-0.25, -0.2) is 4.79 Å². The maximum atomic E-state index is 12.3. The van der Waals surface area contributed by atoms with Gasteiger partial charge in [0, 0.05) is 17.8 Å². The van der Waals surface area contributed by atoms with Gasteiger partial charge in [0.1, 0.15) is 11.6 Å². The van der Waals surface area contributed by atoms with Crippen LogP contribution in [0.15, 0.2) is 69.5 Å². The van der Waals surface area contributed by atoms with Crippen molar-refractivity contribution in [2.45, 2.75) is 5.92 Å². The summed E-state index contributed by atoms with van der Waals surface area (Å²) in [5, 5.41) is 10.5. The number of fused-ring (bicyclic) bond motifs is 3. The van der Waals surface area contributed by atoms with Gasteiger partial charge in [0.25, 0.3) is 0 Å². The summed E-state index contributed by atoms with van der Waals surface area (Å²) in [7, 11) is 0. The molecule has 2 N–H and O–H groups in total. The molecular formula is C18H11N3O3. The van der Waals surface area contributed by atoms with Crippen LogP contribution in [0.5, 0.6) is 5.75 Å². The number of rotatable bonds is 1. The summed E-state index contributed by atoms with van der Waals surface area (Å²) in [6.07, 6.45) is 3.24. The third kappa shape index (κ3) is 1.96. The van der Waals surface area contributed by atoms with Crippen molar-refractivity contribution < 1.29 is 9.15 Å². The molecule has 0 bridgehead atoms. The number of nitrogens with zero attached hydrogens (tertiary/aromatic N) is 2. The van der Waals surface area contributed by atoms with Crippen LogP contribution in [-0.4, -0.2) is 4.98 Å². The normalized spacial score (nSPS) is 16.4. The largest absolute Gasteiger partial charge is 0.436 e. The van der Waals surface area contributed by atoms with Crippen molar-refractivity contribution in [3.63, 3.8) is 0 Å². The molecule has 6 nitrogen and oxygen atoms in total. The van der Waals surface area contributed by atoms with E-state index in [4.69, 9.17) is 14.9 Å². The van der Waals surface area contributed by atoms with E-state index in [9.17, 15) is 10.1 Å². The molecule has 0 spiro atoms. The van der Waals surface area contributed by atoms with Crippen LogP contribution in [0.3, 0.4) is 0 Å². The minimum atomic E-state index is -0.634. The maximum absolute atomic E-state index is 12.3. The van der Waals surface area contributed by atoms with Crippen molar-refractivity contribution in [3.05, 3.63) is 82.0 Å². The highest BCUT2D eigenvalue weighted by Crippen LogP contribution is 2.43. The van der Waals surface area contributed by atoms with E-state index in [1.807, 2.05) is 0 Å². The first-order chi connectivity index (χ1) is 11.7. The SMILES string of the molecule is N#CC1=C(N)Oc2c(oc(=O)c3ccccc23)C1c1cccnc1. The molecule has 1 aliphatic rings. The van der Waals surface area contributed by atoms with Crippen LogP contribution in [0.4, 0.5) is 0 Å². The van der Waals surface area contributed by atoms with Crippen molar-refractivity contribution in [3.8, 4) is 11.8 Å². The van der Waals surface area contributed by atoms with Gasteiger partial charge in [-0.2, -0.15) is 5.26 Å². The average Bonchev–Trinajstić information content (AvgIpc) is 2.62. The Labute approximate surface area is 136 Å². The lowest BCUT2D eigenvalue weighted by Crippen LogP contribution is -2.23. The number of hydrogen-bond donors (Lipinski definition) is 1. The van der Waals surface area contributed by atoms with E-state index in [0.717, 1.165) is 0 Å². The molecule has 6 heteroatoms. The molecule has 0 aliphatic carbocycles. The Bertz CT molecular complexity index is 1080. The first-order valence-electron chi connectivity index (χ1n) is 7.24. The molecule has 24 heavy (non-hydrogen) atoms. The Hall–Kier alpha value is -3.59. The van der Waals surface area contributed by atoms with Crippen molar-refractivity contribution in [2.75, 3.05) is 0 Å². The fourth-order valence-corrected chi connectivity index (χ4v) is 2.91. The van der Waals surface area contributed by atoms with Crippen LogP contribution in [0.2, 0.25) is 0 Å². The van der Waals surface area contributed by atoms with Gasteiger partial charge in [0.05, 0.1) is 11.3 Å². The average molecular weight is 317 g/mol. The Morgan fingerprint density at radius 2 is 1.96 bits per heavy atom. The Morgan fingerprint density at radius 3 is 2.67 bits per heavy atom. The lowest BCUT2D eigenvalue weighted by molar-refractivity contribution is 0.346. The third-order valence-corrected chi connectivity index (χ3v) is 3.98. The van der Waals surface area contributed by atoms with Crippen LogP contribution in [0, 0.1) is 11.3 Å². The minimum absolute atomic E-state index is 0.00199. The highest BCUT2D eigenvalue weighted by atomic mass is 16.5. The van der Waals surface area contributed by atoms with Gasteiger partial charge < -0.3 is 14.9 Å². The predicted molar refractivity (Wildman–Crippen MR) is 86.0 cm³/mol. The van der Waals surface area contributed by atoms with Crippen LogP contribution in [-0.2, 0) is 0 Å². The second-order valence-corrected chi connectivity index (χ2v) is 5.34. The summed E-state index contributed by atoms with van der Waals surface area (Å²) in [6.45, 7) is 0. The van der Waals surface area contributed by atoms with Gasteiger partial charge >= 0.3 is 5.63 Å². The zero-order valence-corrected chi connectivity index (χ0v) is 12.4. The quantitative estimate of drug-likeness (QED) is 0.739. The van der Waals surface area contributed by atoms with Crippen LogP contribution >= 0.6 is 0 Å². The molecule has 0 saturated heterocycles. The van der Waals surface area contributed by atoms with Crippen LogP contribution in [0.25, 0.3) is 10.8 Å². The van der Waals surface area contributed by atoms with E-state index in [2.05, 4.69) is 11.1 Å². The van der Waals surface area contributed by atoms with E-state index in [1.54, 1.807) is 48.8 Å². The van der Waals surface area contributed by atoms with E-state index in [0.29, 0.717) is 22.1 Å². The monoisotopic (exact) mass is 317 g/mol. The molecule has 1 aromatic carbocycles. The number of pyridine rings is 1. The van der Waals surface area contributed by atoms with Crippen LogP contribution < -0.4 is 16.1 Å². The van der Waals surface area contributed by atoms with Crippen LogP contribution in [0.1, 0.15) is 17.2 Å². The zero-order valence-electron chi connectivity index (χ0n) is 12.4. The number of allylic oxidation sites excluding steroid dienone is 1. The van der Waals surface area contributed by atoms with E-state index in [1.165, 1.54) is 0 Å². The predicted octanol–water partition coefficient (Wildman–Crippen LogP) is 2.41. The molecule has 0 fully saturated rings. The molecular weight excluding hydrogens is 306 g/mol. The van der Waals surface area contributed by atoms with E-state index < -0.39 is 11.5 Å². The van der Waals surface area contributed by atoms with Gasteiger partial charge in [0.2, 0.25) is 5.88 Å². The molecule has 116 valence electrons. The fraction of sp³-hybridized carbons (Fsp3) is 0.0556. The standard InChI is InChI=1S/C18H11N3O3/c19-8-13-14(10-4-3-7-21-9-10)16-15(23-17(13)20)11-5-1-2-6-12(11)18(22)24-16/h1-7,9,14H,20H2.